The number of aromatic nitrogens is 1. The molecule has 1 fully saturated rings. The van der Waals surface area contributed by atoms with Gasteiger partial charge in [-0.15, -0.1) is 0 Å². The highest BCUT2D eigenvalue weighted by Crippen LogP contribution is 2.29. The molecule has 1 aliphatic carbocycles. The van der Waals surface area contributed by atoms with Crippen molar-refractivity contribution in [2.75, 3.05) is 25.6 Å². The minimum absolute atomic E-state index is 0.651. The van der Waals surface area contributed by atoms with E-state index >= 15 is 0 Å². The van der Waals surface area contributed by atoms with Crippen LogP contribution in [0.4, 0.5) is 5.82 Å². The molecule has 1 heterocycles. The lowest BCUT2D eigenvalue weighted by Crippen LogP contribution is -2.29. The third kappa shape index (κ3) is 2.48. The molecule has 0 bridgehead atoms. The van der Waals surface area contributed by atoms with Crippen LogP contribution in [0.2, 0.25) is 0 Å². The Bertz CT molecular complexity index is 366. The second-order valence-electron chi connectivity index (χ2n) is 4.34. The van der Waals surface area contributed by atoms with E-state index in [0.717, 1.165) is 22.8 Å². The highest BCUT2D eigenvalue weighted by atomic mass is 79.9. The van der Waals surface area contributed by atoms with Gasteiger partial charge in [-0.25, -0.2) is 0 Å². The Morgan fingerprint density at radius 2 is 2.25 bits per heavy atom. The highest BCUT2D eigenvalue weighted by Gasteiger charge is 2.20. The fourth-order valence-electron chi connectivity index (χ4n) is 1.93. The molecule has 16 heavy (non-hydrogen) atoms. The molecule has 3 nitrogen and oxygen atoms in total. The van der Waals surface area contributed by atoms with Gasteiger partial charge in [0.25, 0.3) is 0 Å². The number of methoxy groups -OCH3 is 1. The van der Waals surface area contributed by atoms with E-state index in [-0.39, 0.29) is 0 Å². The smallest absolute Gasteiger partial charge is 0.229 e. The third-order valence-corrected chi connectivity index (χ3v) is 3.74. The average Bonchev–Trinajstić information content (AvgIpc) is 2.24. The predicted octanol–water partition coefficient (Wildman–Crippen LogP) is 3.09. The van der Waals surface area contributed by atoms with Gasteiger partial charge >= 0.3 is 0 Å². The Morgan fingerprint density at radius 1 is 1.50 bits per heavy atom. The fraction of sp³-hybridized carbons (Fsp3) is 0.583. The van der Waals surface area contributed by atoms with E-state index < -0.39 is 0 Å². The summed E-state index contributed by atoms with van der Waals surface area (Å²) in [7, 11) is 3.73. The molecule has 0 atom stereocenters. The fourth-order valence-corrected chi connectivity index (χ4v) is 2.31. The van der Waals surface area contributed by atoms with E-state index in [2.05, 4.69) is 32.9 Å². The van der Waals surface area contributed by atoms with Crippen molar-refractivity contribution < 1.29 is 4.74 Å². The maximum Gasteiger partial charge on any atom is 0.229 e. The summed E-state index contributed by atoms with van der Waals surface area (Å²) in [5.41, 5.74) is 0. The first-order chi connectivity index (χ1) is 7.70. The van der Waals surface area contributed by atoms with Crippen LogP contribution < -0.4 is 9.64 Å². The zero-order valence-corrected chi connectivity index (χ0v) is 11.3. The van der Waals surface area contributed by atoms with Gasteiger partial charge in [0.15, 0.2) is 0 Å². The molecule has 0 aromatic carbocycles. The monoisotopic (exact) mass is 284 g/mol. The minimum atomic E-state index is 0.651. The van der Waals surface area contributed by atoms with Crippen molar-refractivity contribution in [3.8, 4) is 5.88 Å². The summed E-state index contributed by atoms with van der Waals surface area (Å²) >= 11 is 3.41. The zero-order chi connectivity index (χ0) is 11.5. The first-order valence-corrected chi connectivity index (χ1v) is 6.41. The Hall–Kier alpha value is -0.770. The van der Waals surface area contributed by atoms with Gasteiger partial charge in [0, 0.05) is 13.6 Å². The van der Waals surface area contributed by atoms with Crippen LogP contribution in [0.15, 0.2) is 16.6 Å². The first-order valence-electron chi connectivity index (χ1n) is 5.62. The van der Waals surface area contributed by atoms with Crippen molar-refractivity contribution in [2.45, 2.75) is 19.3 Å². The SMILES string of the molecule is COc1nc(N(C)CC2CCC2)ccc1Br. The number of halogens is 1. The van der Waals surface area contributed by atoms with Crippen LogP contribution in [-0.2, 0) is 0 Å². The lowest BCUT2D eigenvalue weighted by atomic mass is 9.85. The van der Waals surface area contributed by atoms with Crippen molar-refractivity contribution in [2.24, 2.45) is 5.92 Å². The molecule has 1 aromatic heterocycles. The van der Waals surface area contributed by atoms with Gasteiger partial charge in [-0.1, -0.05) is 6.42 Å². The van der Waals surface area contributed by atoms with E-state index in [1.165, 1.54) is 19.3 Å². The predicted molar refractivity (Wildman–Crippen MR) is 69.1 cm³/mol. The highest BCUT2D eigenvalue weighted by molar-refractivity contribution is 9.10. The molecule has 1 aliphatic rings. The minimum Gasteiger partial charge on any atom is -0.480 e. The number of hydrogen-bond donors (Lipinski definition) is 0. The maximum absolute atomic E-state index is 5.20. The van der Waals surface area contributed by atoms with Crippen molar-refractivity contribution >= 4 is 21.7 Å². The van der Waals surface area contributed by atoms with Crippen LogP contribution in [-0.4, -0.2) is 25.7 Å². The van der Waals surface area contributed by atoms with Crippen LogP contribution >= 0.6 is 15.9 Å². The van der Waals surface area contributed by atoms with Crippen LogP contribution in [0.25, 0.3) is 0 Å². The topological polar surface area (TPSA) is 25.4 Å². The summed E-state index contributed by atoms with van der Waals surface area (Å²) in [4.78, 5) is 6.67. The summed E-state index contributed by atoms with van der Waals surface area (Å²) in [5, 5.41) is 0. The van der Waals surface area contributed by atoms with Crippen LogP contribution in [0.5, 0.6) is 5.88 Å². The van der Waals surface area contributed by atoms with Gasteiger partial charge in [-0.3, -0.25) is 0 Å². The van der Waals surface area contributed by atoms with Crippen LogP contribution in [0.3, 0.4) is 0 Å². The molecule has 0 aliphatic heterocycles. The molecule has 0 amide bonds. The number of ether oxygens (including phenoxy) is 1. The zero-order valence-electron chi connectivity index (χ0n) is 9.74. The number of anilines is 1. The van der Waals surface area contributed by atoms with E-state index in [0.29, 0.717) is 5.88 Å². The third-order valence-electron chi connectivity index (χ3n) is 3.14. The first kappa shape index (κ1) is 11.7. The quantitative estimate of drug-likeness (QED) is 0.850. The van der Waals surface area contributed by atoms with E-state index in [9.17, 15) is 0 Å². The number of nitrogens with zero attached hydrogens (tertiary/aromatic N) is 2. The van der Waals surface area contributed by atoms with Crippen molar-refractivity contribution in [3.63, 3.8) is 0 Å². The van der Waals surface area contributed by atoms with E-state index in [4.69, 9.17) is 4.74 Å². The normalized spacial score (nSPS) is 15.7. The number of hydrogen-bond acceptors (Lipinski definition) is 3. The summed E-state index contributed by atoms with van der Waals surface area (Å²) < 4.78 is 6.10. The molecular formula is C12H17BrN2O. The average molecular weight is 285 g/mol. The summed E-state index contributed by atoms with van der Waals surface area (Å²) in [5.74, 6) is 2.48. The van der Waals surface area contributed by atoms with Gasteiger partial charge in [-0.05, 0) is 46.8 Å². The Kier molecular flexibility index (Phi) is 3.69. The van der Waals surface area contributed by atoms with Crippen molar-refractivity contribution in [1.29, 1.82) is 0 Å². The van der Waals surface area contributed by atoms with Gasteiger partial charge in [0.05, 0.1) is 11.6 Å². The standard InChI is InChI=1S/C12H17BrN2O/c1-15(8-9-4-3-5-9)11-7-6-10(13)12(14-11)16-2/h6-7,9H,3-5,8H2,1-2H3. The van der Waals surface area contributed by atoms with Crippen molar-refractivity contribution in [3.05, 3.63) is 16.6 Å². The molecule has 0 radical (unpaired) electrons. The summed E-state index contributed by atoms with van der Waals surface area (Å²) in [6, 6.07) is 4.00. The summed E-state index contributed by atoms with van der Waals surface area (Å²) in [6.07, 6.45) is 4.10. The molecule has 88 valence electrons. The number of pyridine rings is 1. The second kappa shape index (κ2) is 5.04. The largest absolute Gasteiger partial charge is 0.480 e. The Balaban J connectivity index is 2.06. The van der Waals surface area contributed by atoms with Crippen molar-refractivity contribution in [1.82, 2.24) is 4.98 Å². The molecule has 0 spiro atoms. The van der Waals surface area contributed by atoms with E-state index in [1.54, 1.807) is 7.11 Å². The number of rotatable bonds is 4. The lowest BCUT2D eigenvalue weighted by molar-refractivity contribution is 0.320. The van der Waals surface area contributed by atoms with Gasteiger partial charge < -0.3 is 9.64 Å². The van der Waals surface area contributed by atoms with Crippen LogP contribution in [0.1, 0.15) is 19.3 Å². The van der Waals surface area contributed by atoms with Gasteiger partial charge in [0.1, 0.15) is 5.82 Å². The molecule has 0 unspecified atom stereocenters. The molecular weight excluding hydrogens is 268 g/mol. The van der Waals surface area contributed by atoms with Gasteiger partial charge in [-0.2, -0.15) is 4.98 Å². The van der Waals surface area contributed by atoms with Crippen LogP contribution in [0, 0.1) is 5.92 Å². The maximum atomic E-state index is 5.20. The molecule has 4 heteroatoms. The lowest BCUT2D eigenvalue weighted by Gasteiger charge is -2.30. The second-order valence-corrected chi connectivity index (χ2v) is 5.19. The Labute approximate surface area is 105 Å². The Morgan fingerprint density at radius 3 is 2.81 bits per heavy atom. The van der Waals surface area contributed by atoms with E-state index in [1.807, 2.05) is 12.1 Å². The molecule has 1 saturated carbocycles. The molecule has 0 saturated heterocycles. The molecule has 1 aromatic rings. The molecule has 2 rings (SSSR count). The molecule has 0 N–H and O–H groups in total. The summed E-state index contributed by atoms with van der Waals surface area (Å²) in [6.45, 7) is 1.10. The van der Waals surface area contributed by atoms with Gasteiger partial charge in [0.2, 0.25) is 5.88 Å².